The smallest absolute Gasteiger partial charge is 0.335 e. The zero-order valence-corrected chi connectivity index (χ0v) is 26.7. The lowest BCUT2D eigenvalue weighted by atomic mass is 9.81. The topological polar surface area (TPSA) is 135 Å². The summed E-state index contributed by atoms with van der Waals surface area (Å²) in [7, 11) is 1.07. The van der Waals surface area contributed by atoms with Crippen LogP contribution in [0.2, 0.25) is 0 Å². The summed E-state index contributed by atoms with van der Waals surface area (Å²) in [4.78, 5) is 27.9. The van der Waals surface area contributed by atoms with Gasteiger partial charge < -0.3 is 19.3 Å². The van der Waals surface area contributed by atoms with Crippen LogP contribution in [0.25, 0.3) is 27.7 Å². The number of ether oxygens (including phenoxy) is 1. The summed E-state index contributed by atoms with van der Waals surface area (Å²) in [6.07, 6.45) is 6.81. The number of carbonyl (C=O) groups excluding carboxylic acids is 1. The van der Waals surface area contributed by atoms with Crippen LogP contribution < -0.4 is 9.88 Å². The molecule has 1 amide bonds. The number of aromatic nitrogens is 1. The molecule has 1 saturated carbocycles. The van der Waals surface area contributed by atoms with Gasteiger partial charge in [0, 0.05) is 49.2 Å². The summed E-state index contributed by atoms with van der Waals surface area (Å²) in [6.45, 7) is 2.97. The average Bonchev–Trinajstić information content (AvgIpc) is 3.27. The van der Waals surface area contributed by atoms with Crippen molar-refractivity contribution in [1.29, 1.82) is 0 Å². The monoisotopic (exact) mass is 622 g/mol. The Morgan fingerprint density at radius 2 is 1.73 bits per heavy atom. The zero-order valence-electron chi connectivity index (χ0n) is 25.9. The molecule has 10 nitrogen and oxygen atoms in total. The molecule has 44 heavy (non-hydrogen) atoms. The van der Waals surface area contributed by atoms with Crippen LogP contribution in [0.5, 0.6) is 5.75 Å². The Morgan fingerprint density at radius 3 is 2.39 bits per heavy atom. The predicted octanol–water partition coefficient (Wildman–Crippen LogP) is 5.22. The molecule has 1 aliphatic heterocycles. The molecule has 3 aromatic rings. The number of carboxylic acids is 1. The first kappa shape index (κ1) is 31.7. The van der Waals surface area contributed by atoms with Crippen LogP contribution in [0, 0.1) is 0 Å². The van der Waals surface area contributed by atoms with Gasteiger partial charge in [-0.1, -0.05) is 25.3 Å². The molecule has 1 aromatic heterocycles. The van der Waals surface area contributed by atoms with Crippen LogP contribution >= 0.6 is 0 Å². The number of benzene rings is 2. The maximum atomic E-state index is 14.1. The van der Waals surface area contributed by atoms with Gasteiger partial charge in [-0.3, -0.25) is 4.79 Å². The maximum Gasteiger partial charge on any atom is 0.335 e. The molecular weight excluding hydrogens is 580 g/mol. The molecule has 2 aromatic carbocycles. The first-order chi connectivity index (χ1) is 20.9. The fraction of sp³-hybridized carbons (Fsp3) is 0.455. The molecule has 1 aliphatic carbocycles. The van der Waals surface area contributed by atoms with Gasteiger partial charge in [-0.05, 0) is 85.6 Å². The van der Waals surface area contributed by atoms with Crippen molar-refractivity contribution in [2.75, 3.05) is 34.3 Å². The Hall–Kier alpha value is -3.67. The van der Waals surface area contributed by atoms with Crippen molar-refractivity contribution >= 4 is 38.6 Å². The number of unbranched alkanes of at least 4 members (excludes halogenated alkanes) is 1. The van der Waals surface area contributed by atoms with E-state index in [2.05, 4.69) is 10.6 Å². The van der Waals surface area contributed by atoms with E-state index in [4.69, 9.17) is 9.88 Å². The highest BCUT2D eigenvalue weighted by Crippen LogP contribution is 2.48. The van der Waals surface area contributed by atoms with E-state index in [0.717, 1.165) is 63.3 Å². The second-order valence-corrected chi connectivity index (χ2v) is 13.7. The van der Waals surface area contributed by atoms with Crippen molar-refractivity contribution in [3.8, 4) is 17.0 Å². The summed E-state index contributed by atoms with van der Waals surface area (Å²) >= 11 is 0. The van der Waals surface area contributed by atoms with E-state index in [-0.39, 0.29) is 18.0 Å². The Bertz CT molecular complexity index is 1740. The van der Waals surface area contributed by atoms with Crippen molar-refractivity contribution in [2.24, 2.45) is 5.14 Å². The number of allylic oxidation sites excluding steroid dienone is 1. The van der Waals surface area contributed by atoms with E-state index in [1.54, 1.807) is 31.2 Å². The number of hydrogen-bond acceptors (Lipinski definition) is 5. The molecule has 0 radical (unpaired) electrons. The SMILES string of the molecule is COc1ccc2c(c1)C(C)=C(C(=O)N(C)CCCCN(C)S(N)(=O)=O)Cn1c-2c(C2CCCCC2)c2ccc(C(=O)O)cc21. The van der Waals surface area contributed by atoms with Crippen LogP contribution in [-0.4, -0.2) is 73.5 Å². The molecule has 0 saturated heterocycles. The Kier molecular flexibility index (Phi) is 9.20. The number of amides is 1. The predicted molar refractivity (Wildman–Crippen MR) is 172 cm³/mol. The summed E-state index contributed by atoms with van der Waals surface area (Å²) < 4.78 is 31.9. The fourth-order valence-corrected chi connectivity index (χ4v) is 7.13. The summed E-state index contributed by atoms with van der Waals surface area (Å²) in [5.41, 5.74) is 6.71. The summed E-state index contributed by atoms with van der Waals surface area (Å²) in [5, 5.41) is 16.1. The van der Waals surface area contributed by atoms with Crippen LogP contribution in [0.15, 0.2) is 42.0 Å². The Labute approximate surface area is 259 Å². The van der Waals surface area contributed by atoms with E-state index in [1.807, 2.05) is 25.1 Å². The number of carbonyl (C=O) groups is 2. The Morgan fingerprint density at radius 1 is 1.02 bits per heavy atom. The second-order valence-electron chi connectivity index (χ2n) is 12.0. The molecule has 0 atom stereocenters. The van der Waals surface area contributed by atoms with Gasteiger partial charge in [-0.15, -0.1) is 0 Å². The van der Waals surface area contributed by atoms with Crippen molar-refractivity contribution in [3.05, 3.63) is 58.7 Å². The number of nitrogens with two attached hydrogens (primary N) is 1. The summed E-state index contributed by atoms with van der Waals surface area (Å²) in [6, 6.07) is 11.4. The number of likely N-dealkylation sites (N-methyl/N-ethyl adjacent to an activating group) is 1. The minimum atomic E-state index is -3.75. The molecule has 11 heteroatoms. The lowest BCUT2D eigenvalue weighted by Crippen LogP contribution is -2.35. The van der Waals surface area contributed by atoms with E-state index < -0.39 is 16.2 Å². The number of methoxy groups -OCH3 is 1. The largest absolute Gasteiger partial charge is 0.497 e. The fourth-order valence-electron chi connectivity index (χ4n) is 6.75. The van der Waals surface area contributed by atoms with Gasteiger partial charge in [-0.25, -0.2) is 9.93 Å². The third kappa shape index (κ3) is 6.13. The van der Waals surface area contributed by atoms with Crippen LogP contribution in [-0.2, 0) is 21.5 Å². The highest BCUT2D eigenvalue weighted by Gasteiger charge is 2.32. The quantitative estimate of drug-likeness (QED) is 0.298. The highest BCUT2D eigenvalue weighted by atomic mass is 32.2. The molecule has 3 N–H and O–H groups in total. The minimum Gasteiger partial charge on any atom is -0.497 e. The van der Waals surface area contributed by atoms with Gasteiger partial charge in [0.25, 0.3) is 16.1 Å². The maximum absolute atomic E-state index is 14.1. The molecular formula is C33H42N4O6S. The number of fused-ring (bicyclic) bond motifs is 5. The molecule has 2 heterocycles. The van der Waals surface area contributed by atoms with Crippen molar-refractivity contribution < 1.29 is 27.9 Å². The van der Waals surface area contributed by atoms with E-state index in [9.17, 15) is 23.1 Å². The lowest BCUT2D eigenvalue weighted by molar-refractivity contribution is -0.126. The van der Waals surface area contributed by atoms with Crippen molar-refractivity contribution in [1.82, 2.24) is 13.8 Å². The normalized spacial score (nSPS) is 15.7. The molecule has 2 aliphatic rings. The van der Waals surface area contributed by atoms with E-state index >= 15 is 0 Å². The Balaban J connectivity index is 1.61. The average molecular weight is 623 g/mol. The van der Waals surface area contributed by atoms with Gasteiger partial charge in [0.2, 0.25) is 0 Å². The number of hydrogen-bond donors (Lipinski definition) is 2. The first-order valence-corrected chi connectivity index (χ1v) is 16.7. The van der Waals surface area contributed by atoms with Crippen molar-refractivity contribution in [3.63, 3.8) is 0 Å². The minimum absolute atomic E-state index is 0.126. The van der Waals surface area contributed by atoms with Gasteiger partial charge >= 0.3 is 5.97 Å². The molecule has 236 valence electrons. The van der Waals surface area contributed by atoms with Crippen molar-refractivity contribution in [2.45, 2.75) is 64.3 Å². The van der Waals surface area contributed by atoms with Gasteiger partial charge in [0.05, 0.1) is 24.9 Å². The molecule has 1 fully saturated rings. The van der Waals surface area contributed by atoms with E-state index in [0.29, 0.717) is 43.2 Å². The van der Waals surface area contributed by atoms with Crippen LogP contribution in [0.3, 0.4) is 0 Å². The number of carboxylic acid groups (broad SMARTS) is 1. The van der Waals surface area contributed by atoms with Crippen LogP contribution in [0.4, 0.5) is 0 Å². The summed E-state index contributed by atoms with van der Waals surface area (Å²) in [5.74, 6) is -0.0846. The third-order valence-electron chi connectivity index (χ3n) is 9.27. The van der Waals surface area contributed by atoms with E-state index in [1.165, 1.54) is 19.0 Å². The first-order valence-electron chi connectivity index (χ1n) is 15.2. The van der Waals surface area contributed by atoms with Gasteiger partial charge in [-0.2, -0.15) is 12.7 Å². The molecule has 0 unspecified atom stereocenters. The lowest BCUT2D eigenvalue weighted by Gasteiger charge is -2.24. The van der Waals surface area contributed by atoms with Gasteiger partial charge in [0.1, 0.15) is 5.75 Å². The van der Waals surface area contributed by atoms with Crippen LogP contribution in [0.1, 0.15) is 79.3 Å². The standard InChI is InChI=1S/C33H42N4O6S/c1-21-27-19-24(43-4)13-15-25(27)31-30(22-10-6-5-7-11-22)26-14-12-23(33(39)40)18-29(26)37(31)20-28(21)32(38)35(2)16-8-9-17-36(3)44(34,41)42/h12-15,18-19,22H,5-11,16-17,20H2,1-4H3,(H,39,40)(H2,34,41,42). The number of rotatable bonds is 10. The molecule has 0 spiro atoms. The number of nitrogens with zero attached hydrogens (tertiary/aromatic N) is 3. The molecule has 0 bridgehead atoms. The number of aromatic carboxylic acids is 1. The zero-order chi connectivity index (χ0) is 31.8. The third-order valence-corrected chi connectivity index (χ3v) is 10.3. The van der Waals surface area contributed by atoms with Gasteiger partial charge in [0.15, 0.2) is 0 Å². The molecule has 5 rings (SSSR count). The highest BCUT2D eigenvalue weighted by molar-refractivity contribution is 7.86. The second kappa shape index (κ2) is 12.7.